The molecule has 2 aliphatic rings. The third-order valence-electron chi connectivity index (χ3n) is 6.02. The number of amides is 1. The minimum Gasteiger partial charge on any atom is -0.488 e. The Morgan fingerprint density at radius 2 is 1.67 bits per heavy atom. The molecule has 8 heteroatoms. The first-order chi connectivity index (χ1) is 15.8. The second-order valence-corrected chi connectivity index (χ2v) is 9.83. The van der Waals surface area contributed by atoms with Gasteiger partial charge in [0.15, 0.2) is 6.10 Å². The summed E-state index contributed by atoms with van der Waals surface area (Å²) in [6.07, 6.45) is -0.209. The van der Waals surface area contributed by atoms with E-state index in [1.54, 1.807) is 24.3 Å². The molecule has 1 unspecified atom stereocenters. The van der Waals surface area contributed by atoms with Crippen LogP contribution in [0.3, 0.4) is 0 Å². The Morgan fingerprint density at radius 1 is 0.970 bits per heavy atom. The van der Waals surface area contributed by atoms with Gasteiger partial charge in [-0.1, -0.05) is 48.5 Å². The molecule has 0 saturated carbocycles. The first-order valence-electron chi connectivity index (χ1n) is 10.7. The van der Waals surface area contributed by atoms with Gasteiger partial charge in [0.1, 0.15) is 18.1 Å². The van der Waals surface area contributed by atoms with E-state index in [1.807, 2.05) is 16.9 Å². The van der Waals surface area contributed by atoms with Crippen LogP contribution in [0.2, 0.25) is 0 Å². The lowest BCUT2D eigenvalue weighted by Crippen LogP contribution is -2.48. The van der Waals surface area contributed by atoms with Crippen LogP contribution in [0.1, 0.15) is 40.8 Å². The van der Waals surface area contributed by atoms with Gasteiger partial charge < -0.3 is 9.47 Å². The van der Waals surface area contributed by atoms with E-state index in [2.05, 4.69) is 42.8 Å². The molecule has 0 spiro atoms. The molecular formula is C25H24N2O5S. The summed E-state index contributed by atoms with van der Waals surface area (Å²) >= 11 is 0. The predicted molar refractivity (Wildman–Crippen MR) is 124 cm³/mol. The van der Waals surface area contributed by atoms with Crippen LogP contribution in [0.4, 0.5) is 0 Å². The molecule has 5 rings (SSSR count). The maximum absolute atomic E-state index is 11.7. The number of ether oxygens (including phenoxy) is 2. The Bertz CT molecular complexity index is 1320. The van der Waals surface area contributed by atoms with Gasteiger partial charge in [0.25, 0.3) is 0 Å². The number of carbonyl (C=O) groups excluding carboxylic acids is 1. The lowest BCUT2D eigenvalue weighted by atomic mass is 9.93. The average Bonchev–Trinajstić information content (AvgIpc) is 3.16. The Kier molecular flexibility index (Phi) is 5.34. The lowest BCUT2D eigenvalue weighted by molar-refractivity contribution is -0.120. The van der Waals surface area contributed by atoms with E-state index in [0.29, 0.717) is 17.9 Å². The number of para-hydroxylation sites is 1. The second-order valence-electron chi connectivity index (χ2n) is 8.38. The molecule has 1 fully saturated rings. The summed E-state index contributed by atoms with van der Waals surface area (Å²) in [5.74, 6) is 0.957. The minimum atomic E-state index is -3.82. The Morgan fingerprint density at radius 3 is 2.36 bits per heavy atom. The van der Waals surface area contributed by atoms with Crippen molar-refractivity contribution in [3.05, 3.63) is 82.9 Å². The van der Waals surface area contributed by atoms with Crippen LogP contribution in [0.15, 0.2) is 60.7 Å². The number of aryl methyl sites for hydroxylation is 2. The molecule has 2 aliphatic heterocycles. The second kappa shape index (κ2) is 8.20. The summed E-state index contributed by atoms with van der Waals surface area (Å²) in [5.41, 5.74) is 6.32. The van der Waals surface area contributed by atoms with Crippen molar-refractivity contribution in [2.45, 2.75) is 32.4 Å². The zero-order valence-electron chi connectivity index (χ0n) is 18.3. The highest BCUT2D eigenvalue weighted by molar-refractivity contribution is 7.88. The molecule has 1 amide bonds. The van der Waals surface area contributed by atoms with Gasteiger partial charge in [-0.05, 0) is 48.2 Å². The summed E-state index contributed by atoms with van der Waals surface area (Å²) in [6, 6.07) is 18.9. The summed E-state index contributed by atoms with van der Waals surface area (Å²) in [6.45, 7) is 4.60. The lowest BCUT2D eigenvalue weighted by Gasteiger charge is -2.24. The fraction of sp³-hybridized carbons (Fsp3) is 0.240. The van der Waals surface area contributed by atoms with E-state index in [1.165, 1.54) is 16.7 Å². The van der Waals surface area contributed by atoms with E-state index < -0.39 is 22.2 Å². The van der Waals surface area contributed by atoms with Crippen molar-refractivity contribution < 1.29 is 22.7 Å². The standard InChI is InChI=1S/C25H24N2O5S/c1-15-5-3-6-16(2)24(15)20-8-4-7-19-22(14-31-25(19)20)32-18-11-9-17(10-12-18)21-13-23(28)27-33(29,30)26-21/h3-12,21-22,26H,13-14H2,1-2H3,(H,27,28)/t21?,22-/m1/s1. The van der Waals surface area contributed by atoms with Crippen molar-refractivity contribution in [2.75, 3.05) is 6.61 Å². The molecular weight excluding hydrogens is 440 g/mol. The average molecular weight is 465 g/mol. The number of rotatable bonds is 4. The van der Waals surface area contributed by atoms with Crippen LogP contribution in [-0.4, -0.2) is 20.9 Å². The summed E-state index contributed by atoms with van der Waals surface area (Å²) in [5, 5.41) is 0. The maximum atomic E-state index is 11.7. The fourth-order valence-electron chi connectivity index (χ4n) is 4.52. The predicted octanol–water partition coefficient (Wildman–Crippen LogP) is 3.88. The zero-order chi connectivity index (χ0) is 23.2. The highest BCUT2D eigenvalue weighted by atomic mass is 32.2. The third-order valence-corrected chi connectivity index (χ3v) is 7.11. The van der Waals surface area contributed by atoms with Gasteiger partial charge in [-0.3, -0.25) is 4.79 Å². The summed E-state index contributed by atoms with van der Waals surface area (Å²) in [4.78, 5) is 11.7. The number of carbonyl (C=O) groups is 1. The molecule has 170 valence electrons. The number of hydrogen-bond donors (Lipinski definition) is 2. The van der Waals surface area contributed by atoms with Crippen LogP contribution in [-0.2, 0) is 15.0 Å². The molecule has 7 nitrogen and oxygen atoms in total. The van der Waals surface area contributed by atoms with E-state index >= 15 is 0 Å². The number of hydrogen-bond acceptors (Lipinski definition) is 5. The van der Waals surface area contributed by atoms with Gasteiger partial charge in [0, 0.05) is 17.5 Å². The van der Waals surface area contributed by atoms with E-state index in [-0.39, 0.29) is 12.5 Å². The van der Waals surface area contributed by atoms with Crippen molar-refractivity contribution in [3.8, 4) is 22.6 Å². The normalized spacial score (nSPS) is 21.1. The molecule has 2 atom stereocenters. The third kappa shape index (κ3) is 4.19. The summed E-state index contributed by atoms with van der Waals surface area (Å²) < 4.78 is 40.2. The molecule has 0 radical (unpaired) electrons. The molecule has 3 aromatic rings. The number of fused-ring (bicyclic) bond motifs is 1. The van der Waals surface area contributed by atoms with Crippen LogP contribution >= 0.6 is 0 Å². The highest BCUT2D eigenvalue weighted by Crippen LogP contribution is 2.44. The summed E-state index contributed by atoms with van der Waals surface area (Å²) in [7, 11) is -3.82. The van der Waals surface area contributed by atoms with Gasteiger partial charge in [0.2, 0.25) is 5.91 Å². The largest absolute Gasteiger partial charge is 0.488 e. The van der Waals surface area contributed by atoms with E-state index in [4.69, 9.17) is 9.47 Å². The quantitative estimate of drug-likeness (QED) is 0.611. The van der Waals surface area contributed by atoms with E-state index in [0.717, 1.165) is 16.9 Å². The smallest absolute Gasteiger partial charge is 0.301 e. The van der Waals surface area contributed by atoms with Crippen molar-refractivity contribution in [1.82, 2.24) is 9.44 Å². The Hall–Kier alpha value is -3.36. The Labute approximate surface area is 192 Å². The first-order valence-corrected chi connectivity index (χ1v) is 12.2. The minimum absolute atomic E-state index is 0.0460. The Balaban J connectivity index is 1.37. The maximum Gasteiger partial charge on any atom is 0.301 e. The van der Waals surface area contributed by atoms with Gasteiger partial charge in [-0.2, -0.15) is 13.1 Å². The van der Waals surface area contributed by atoms with Gasteiger partial charge in [-0.15, -0.1) is 0 Å². The molecule has 0 aromatic heterocycles. The monoisotopic (exact) mass is 464 g/mol. The molecule has 0 aliphatic carbocycles. The fourth-order valence-corrected chi connectivity index (χ4v) is 5.55. The first kappa shape index (κ1) is 21.5. The van der Waals surface area contributed by atoms with Gasteiger partial charge in [0.05, 0.1) is 6.04 Å². The topological polar surface area (TPSA) is 93.7 Å². The molecule has 0 bridgehead atoms. The van der Waals surface area contributed by atoms with Crippen LogP contribution in [0.25, 0.3) is 11.1 Å². The number of nitrogens with one attached hydrogen (secondary N) is 2. The van der Waals surface area contributed by atoms with Gasteiger partial charge in [-0.25, -0.2) is 4.72 Å². The number of benzene rings is 3. The van der Waals surface area contributed by atoms with Crippen molar-refractivity contribution in [3.63, 3.8) is 0 Å². The molecule has 3 aromatic carbocycles. The highest BCUT2D eigenvalue weighted by Gasteiger charge is 2.31. The SMILES string of the molecule is Cc1cccc(C)c1-c1cccc2c1OC[C@H]2Oc1ccc(C2CC(=O)NS(=O)(=O)N2)cc1. The molecule has 2 N–H and O–H groups in total. The van der Waals surface area contributed by atoms with Crippen LogP contribution in [0.5, 0.6) is 11.5 Å². The van der Waals surface area contributed by atoms with Crippen molar-refractivity contribution >= 4 is 16.1 Å². The van der Waals surface area contributed by atoms with Crippen LogP contribution in [0, 0.1) is 13.8 Å². The molecule has 33 heavy (non-hydrogen) atoms. The van der Waals surface area contributed by atoms with Gasteiger partial charge >= 0.3 is 10.2 Å². The van der Waals surface area contributed by atoms with E-state index in [9.17, 15) is 13.2 Å². The van der Waals surface area contributed by atoms with Crippen molar-refractivity contribution in [1.29, 1.82) is 0 Å². The van der Waals surface area contributed by atoms with Crippen LogP contribution < -0.4 is 18.9 Å². The van der Waals surface area contributed by atoms with Crippen molar-refractivity contribution in [2.24, 2.45) is 0 Å². The molecule has 2 heterocycles. The molecule has 1 saturated heterocycles. The zero-order valence-corrected chi connectivity index (χ0v) is 19.1.